The SMILES string of the molecule is c1ccc2c3c(ccc2c1)NC(N(c1ccc2c(c1)oc1ccccc12)c1ccc2oc4ccccc4c2c1)O3. The van der Waals surface area contributed by atoms with E-state index in [0.29, 0.717) is 0 Å². The van der Waals surface area contributed by atoms with E-state index in [0.717, 1.165) is 77.5 Å². The van der Waals surface area contributed by atoms with Crippen molar-refractivity contribution in [2.45, 2.75) is 6.35 Å². The summed E-state index contributed by atoms with van der Waals surface area (Å²) in [5.74, 6) is 0.854. The molecule has 3 heterocycles. The van der Waals surface area contributed by atoms with Crippen LogP contribution in [0.1, 0.15) is 0 Å². The van der Waals surface area contributed by atoms with Crippen LogP contribution >= 0.6 is 0 Å². The van der Waals surface area contributed by atoms with Crippen molar-refractivity contribution in [3.05, 3.63) is 121 Å². The van der Waals surface area contributed by atoms with Gasteiger partial charge in [0.1, 0.15) is 22.3 Å². The molecular weight excluding hydrogens is 496 g/mol. The predicted octanol–water partition coefficient (Wildman–Crippen LogP) is 9.56. The lowest BCUT2D eigenvalue weighted by Crippen LogP contribution is -2.39. The number of ether oxygens (including phenoxy) is 1. The number of hydrogen-bond acceptors (Lipinski definition) is 5. The molecule has 8 aromatic rings. The van der Waals surface area contributed by atoms with Crippen molar-refractivity contribution in [3.63, 3.8) is 0 Å². The van der Waals surface area contributed by atoms with E-state index in [4.69, 9.17) is 13.6 Å². The van der Waals surface area contributed by atoms with Gasteiger partial charge in [-0.1, -0.05) is 66.7 Å². The molecule has 5 heteroatoms. The number of rotatable bonds is 3. The Kier molecular flexibility index (Phi) is 4.32. The number of fused-ring (bicyclic) bond motifs is 9. The van der Waals surface area contributed by atoms with Gasteiger partial charge in [0, 0.05) is 38.7 Å². The summed E-state index contributed by atoms with van der Waals surface area (Å²) in [6, 6.07) is 41.5. The van der Waals surface area contributed by atoms with Crippen molar-refractivity contribution in [3.8, 4) is 5.75 Å². The van der Waals surface area contributed by atoms with Crippen molar-refractivity contribution >= 4 is 71.7 Å². The summed E-state index contributed by atoms with van der Waals surface area (Å²) in [6.07, 6.45) is -0.474. The van der Waals surface area contributed by atoms with E-state index in [2.05, 4.69) is 76.9 Å². The molecule has 0 bridgehead atoms. The minimum absolute atomic E-state index is 0.474. The summed E-state index contributed by atoms with van der Waals surface area (Å²) in [6.45, 7) is 0. The van der Waals surface area contributed by atoms with Crippen LogP contribution in [0.5, 0.6) is 5.75 Å². The Balaban J connectivity index is 1.24. The lowest BCUT2D eigenvalue weighted by atomic mass is 10.1. The topological polar surface area (TPSA) is 50.8 Å². The first-order valence-corrected chi connectivity index (χ1v) is 13.4. The van der Waals surface area contributed by atoms with Gasteiger partial charge in [-0.2, -0.15) is 0 Å². The molecule has 0 saturated carbocycles. The van der Waals surface area contributed by atoms with Crippen molar-refractivity contribution < 1.29 is 13.6 Å². The van der Waals surface area contributed by atoms with Gasteiger partial charge in [0.25, 0.3) is 6.35 Å². The fraction of sp³-hybridized carbons (Fsp3) is 0.0286. The van der Waals surface area contributed by atoms with Gasteiger partial charge in [0.2, 0.25) is 0 Å². The van der Waals surface area contributed by atoms with E-state index in [1.165, 1.54) is 0 Å². The Morgan fingerprint density at radius 3 is 1.98 bits per heavy atom. The van der Waals surface area contributed by atoms with E-state index in [1.54, 1.807) is 0 Å². The molecule has 190 valence electrons. The van der Waals surface area contributed by atoms with E-state index in [1.807, 2.05) is 54.6 Å². The molecule has 40 heavy (non-hydrogen) atoms. The van der Waals surface area contributed by atoms with Gasteiger partial charge in [-0.15, -0.1) is 0 Å². The van der Waals surface area contributed by atoms with Gasteiger partial charge in [0.15, 0.2) is 5.75 Å². The summed E-state index contributed by atoms with van der Waals surface area (Å²) in [4.78, 5) is 2.18. The number of nitrogens with zero attached hydrogens (tertiary/aromatic N) is 1. The number of nitrogens with one attached hydrogen (secondary N) is 1. The highest BCUT2D eigenvalue weighted by Gasteiger charge is 2.31. The highest BCUT2D eigenvalue weighted by atomic mass is 16.5. The van der Waals surface area contributed by atoms with Crippen LogP contribution in [-0.2, 0) is 0 Å². The van der Waals surface area contributed by atoms with E-state index in [9.17, 15) is 0 Å². The third-order valence-corrected chi connectivity index (χ3v) is 7.90. The van der Waals surface area contributed by atoms with Gasteiger partial charge in [0.05, 0.1) is 11.4 Å². The predicted molar refractivity (Wildman–Crippen MR) is 162 cm³/mol. The van der Waals surface area contributed by atoms with Crippen LogP contribution in [-0.4, -0.2) is 6.35 Å². The Bertz CT molecular complexity index is 2260. The van der Waals surface area contributed by atoms with E-state index < -0.39 is 6.35 Å². The number of para-hydroxylation sites is 2. The number of anilines is 3. The first-order chi connectivity index (χ1) is 19.8. The fourth-order valence-electron chi connectivity index (χ4n) is 6.02. The number of furan rings is 2. The molecule has 0 radical (unpaired) electrons. The van der Waals surface area contributed by atoms with Crippen LogP contribution in [0.2, 0.25) is 0 Å². The summed E-state index contributed by atoms with van der Waals surface area (Å²) < 4.78 is 19.1. The van der Waals surface area contributed by atoms with Crippen LogP contribution in [0.4, 0.5) is 17.1 Å². The average molecular weight is 519 g/mol. The molecule has 1 aliphatic rings. The van der Waals surface area contributed by atoms with Gasteiger partial charge < -0.3 is 18.9 Å². The van der Waals surface area contributed by atoms with E-state index in [-0.39, 0.29) is 0 Å². The second-order valence-electron chi connectivity index (χ2n) is 10.2. The second-order valence-corrected chi connectivity index (χ2v) is 10.2. The number of hydrogen-bond donors (Lipinski definition) is 1. The molecule has 5 nitrogen and oxygen atoms in total. The van der Waals surface area contributed by atoms with Crippen molar-refractivity contribution in [1.29, 1.82) is 0 Å². The molecule has 0 saturated heterocycles. The second kappa shape index (κ2) is 8.04. The van der Waals surface area contributed by atoms with Crippen LogP contribution in [0.3, 0.4) is 0 Å². The van der Waals surface area contributed by atoms with Crippen molar-refractivity contribution in [1.82, 2.24) is 0 Å². The Labute approximate surface area is 228 Å². The summed E-state index contributed by atoms with van der Waals surface area (Å²) >= 11 is 0. The summed E-state index contributed by atoms with van der Waals surface area (Å²) in [5.41, 5.74) is 6.33. The molecular formula is C35H22N2O3. The van der Waals surface area contributed by atoms with Crippen LogP contribution in [0.25, 0.3) is 54.6 Å². The standard InChI is InChI=1S/C35H22N2O3/c1-2-8-24-21(7-1)13-17-29-34(24)40-35(36-29)37(22-15-18-32-28(19-22)26-10-4-6-12-31(26)38-32)23-14-16-27-25-9-3-5-11-30(25)39-33(27)20-23/h1-20,35-36H. The summed E-state index contributed by atoms with van der Waals surface area (Å²) in [5, 5.41) is 10.2. The Morgan fingerprint density at radius 2 is 1.12 bits per heavy atom. The maximum Gasteiger partial charge on any atom is 0.255 e. The van der Waals surface area contributed by atoms with Gasteiger partial charge in [-0.25, -0.2) is 0 Å². The highest BCUT2D eigenvalue weighted by molar-refractivity contribution is 6.07. The molecule has 0 fully saturated rings. The lowest BCUT2D eigenvalue weighted by Gasteiger charge is -2.30. The van der Waals surface area contributed by atoms with Crippen LogP contribution in [0, 0.1) is 0 Å². The zero-order valence-electron chi connectivity index (χ0n) is 21.3. The average Bonchev–Trinajstić information content (AvgIpc) is 3.70. The third-order valence-electron chi connectivity index (χ3n) is 7.90. The van der Waals surface area contributed by atoms with Crippen molar-refractivity contribution in [2.24, 2.45) is 0 Å². The quantitative estimate of drug-likeness (QED) is 0.252. The molecule has 1 unspecified atom stereocenters. The van der Waals surface area contributed by atoms with Crippen LogP contribution < -0.4 is 15.0 Å². The molecule has 2 aromatic heterocycles. The molecule has 1 aliphatic heterocycles. The molecule has 9 rings (SSSR count). The first kappa shape index (κ1) is 21.5. The summed E-state index contributed by atoms with van der Waals surface area (Å²) in [7, 11) is 0. The first-order valence-electron chi connectivity index (χ1n) is 13.4. The smallest absolute Gasteiger partial charge is 0.255 e. The monoisotopic (exact) mass is 518 g/mol. The van der Waals surface area contributed by atoms with Crippen LogP contribution in [0.15, 0.2) is 130 Å². The maximum absolute atomic E-state index is 6.70. The maximum atomic E-state index is 6.70. The largest absolute Gasteiger partial charge is 0.456 e. The zero-order chi connectivity index (χ0) is 26.2. The lowest BCUT2D eigenvalue weighted by molar-refractivity contribution is 0.262. The van der Waals surface area contributed by atoms with Gasteiger partial charge in [-0.05, 0) is 53.9 Å². The normalized spacial score (nSPS) is 14.7. The molecule has 1 N–H and O–H groups in total. The molecule has 0 spiro atoms. The van der Waals surface area contributed by atoms with Crippen molar-refractivity contribution in [2.75, 3.05) is 10.2 Å². The van der Waals surface area contributed by atoms with Gasteiger partial charge >= 0.3 is 0 Å². The molecule has 0 aliphatic carbocycles. The molecule has 1 atom stereocenters. The third kappa shape index (κ3) is 3.09. The number of benzene rings is 6. The zero-order valence-corrected chi connectivity index (χ0v) is 21.3. The minimum atomic E-state index is -0.474. The highest BCUT2D eigenvalue weighted by Crippen LogP contribution is 2.44. The minimum Gasteiger partial charge on any atom is -0.456 e. The fourth-order valence-corrected chi connectivity index (χ4v) is 6.02. The van der Waals surface area contributed by atoms with Gasteiger partial charge in [-0.3, -0.25) is 4.90 Å². The molecule has 0 amide bonds. The molecule has 6 aromatic carbocycles. The Morgan fingerprint density at radius 1 is 0.500 bits per heavy atom. The Hall–Kier alpha value is -5.42. The van der Waals surface area contributed by atoms with E-state index >= 15 is 0 Å².